The van der Waals surface area contributed by atoms with Gasteiger partial charge in [0.25, 0.3) is 0 Å². The van der Waals surface area contributed by atoms with Gasteiger partial charge in [0, 0.05) is 39.1 Å². The van der Waals surface area contributed by atoms with Crippen molar-refractivity contribution in [3.05, 3.63) is 0 Å². The quantitative estimate of drug-likeness (QED) is 0.771. The molecule has 17 heavy (non-hydrogen) atoms. The van der Waals surface area contributed by atoms with E-state index in [4.69, 9.17) is 4.74 Å². The normalized spacial score (nSPS) is 22.8. The van der Waals surface area contributed by atoms with Crippen LogP contribution in [-0.2, 0) is 4.74 Å². The molecule has 0 aromatic rings. The fourth-order valence-electron chi connectivity index (χ4n) is 2.05. The van der Waals surface area contributed by atoms with Crippen LogP contribution in [0.2, 0.25) is 0 Å². The van der Waals surface area contributed by atoms with E-state index >= 15 is 0 Å². The van der Waals surface area contributed by atoms with Crippen LogP contribution in [0.3, 0.4) is 0 Å². The molecule has 0 bridgehead atoms. The second-order valence-corrected chi connectivity index (χ2v) is 6.42. The first kappa shape index (κ1) is 14.9. The summed E-state index contributed by atoms with van der Waals surface area (Å²) < 4.78 is 5.25. The van der Waals surface area contributed by atoms with E-state index in [2.05, 4.69) is 0 Å². The minimum atomic E-state index is -0.648. The molecular formula is C13H27NO3. The van der Waals surface area contributed by atoms with Gasteiger partial charge in [0.2, 0.25) is 0 Å². The van der Waals surface area contributed by atoms with Crippen molar-refractivity contribution in [1.29, 1.82) is 0 Å². The van der Waals surface area contributed by atoms with E-state index in [0.29, 0.717) is 39.1 Å². The summed E-state index contributed by atoms with van der Waals surface area (Å²) in [5, 5.41) is 20.4. The van der Waals surface area contributed by atoms with Crippen LogP contribution in [0.4, 0.5) is 0 Å². The predicted octanol–water partition coefficient (Wildman–Crippen LogP) is 0.867. The molecule has 0 radical (unpaired) electrons. The summed E-state index contributed by atoms with van der Waals surface area (Å²) in [6.45, 7) is 8.52. The molecule has 1 rings (SSSR count). The number of hydrogen-bond acceptors (Lipinski definition) is 4. The van der Waals surface area contributed by atoms with Crippen LogP contribution in [-0.4, -0.2) is 60.2 Å². The second-order valence-electron chi connectivity index (χ2n) is 6.42. The Hall–Kier alpha value is -0.160. The number of likely N-dealkylation sites (N-methyl/N-ethyl adjacent to an activating group) is 1. The zero-order chi connectivity index (χ0) is 13.1. The van der Waals surface area contributed by atoms with Crippen molar-refractivity contribution in [1.82, 2.24) is 4.90 Å². The van der Waals surface area contributed by atoms with Crippen molar-refractivity contribution in [2.75, 3.05) is 33.4 Å². The highest BCUT2D eigenvalue weighted by Gasteiger charge is 2.32. The standard InChI is InChI=1S/C13H27NO3/c1-12(2,3)11(15)9-14(4)10-13(16)5-7-17-8-6-13/h11,15-16H,5-10H2,1-4H3. The van der Waals surface area contributed by atoms with Gasteiger partial charge in [-0.1, -0.05) is 20.8 Å². The lowest BCUT2D eigenvalue weighted by Gasteiger charge is -2.37. The molecule has 1 unspecified atom stereocenters. The average Bonchev–Trinajstić information content (AvgIpc) is 2.15. The molecule has 1 saturated heterocycles. The van der Waals surface area contributed by atoms with Crippen LogP contribution in [0, 0.1) is 5.41 Å². The van der Waals surface area contributed by atoms with E-state index in [1.54, 1.807) is 0 Å². The summed E-state index contributed by atoms with van der Waals surface area (Å²) in [4.78, 5) is 2.02. The molecule has 2 N–H and O–H groups in total. The summed E-state index contributed by atoms with van der Waals surface area (Å²) in [5.41, 5.74) is -0.767. The van der Waals surface area contributed by atoms with Gasteiger partial charge in [-0.25, -0.2) is 0 Å². The van der Waals surface area contributed by atoms with Gasteiger partial charge >= 0.3 is 0 Å². The Balaban J connectivity index is 2.40. The lowest BCUT2D eigenvalue weighted by Crippen LogP contribution is -2.48. The maximum atomic E-state index is 10.4. The van der Waals surface area contributed by atoms with E-state index in [0.717, 1.165) is 0 Å². The molecule has 1 heterocycles. The molecule has 0 spiro atoms. The summed E-state index contributed by atoms with van der Waals surface area (Å²) >= 11 is 0. The topological polar surface area (TPSA) is 52.9 Å². The van der Waals surface area contributed by atoms with Gasteiger partial charge in [-0.05, 0) is 12.5 Å². The number of ether oxygens (including phenoxy) is 1. The number of nitrogens with zero attached hydrogens (tertiary/aromatic N) is 1. The third kappa shape index (κ3) is 4.92. The maximum Gasteiger partial charge on any atom is 0.0817 e. The first-order valence-corrected chi connectivity index (χ1v) is 6.40. The predicted molar refractivity (Wildman–Crippen MR) is 68.0 cm³/mol. The molecule has 1 fully saturated rings. The van der Waals surface area contributed by atoms with Gasteiger partial charge < -0.3 is 19.8 Å². The van der Waals surface area contributed by atoms with E-state index in [1.165, 1.54) is 0 Å². The fourth-order valence-corrected chi connectivity index (χ4v) is 2.05. The molecule has 4 heteroatoms. The third-order valence-corrected chi connectivity index (χ3v) is 3.47. The van der Waals surface area contributed by atoms with E-state index in [1.807, 2.05) is 32.7 Å². The van der Waals surface area contributed by atoms with Crippen molar-refractivity contribution >= 4 is 0 Å². The minimum Gasteiger partial charge on any atom is -0.391 e. The summed E-state index contributed by atoms with van der Waals surface area (Å²) in [5.74, 6) is 0. The summed E-state index contributed by atoms with van der Waals surface area (Å²) in [7, 11) is 1.95. The molecule has 1 aliphatic rings. The Bertz CT molecular complexity index is 231. The third-order valence-electron chi connectivity index (χ3n) is 3.47. The van der Waals surface area contributed by atoms with Crippen molar-refractivity contribution in [3.63, 3.8) is 0 Å². The first-order chi connectivity index (χ1) is 7.73. The minimum absolute atomic E-state index is 0.118. The number of aliphatic hydroxyl groups excluding tert-OH is 1. The van der Waals surface area contributed by atoms with Crippen molar-refractivity contribution in [2.45, 2.75) is 45.3 Å². The SMILES string of the molecule is CN(CC(O)C(C)(C)C)CC1(O)CCOCC1. The molecule has 4 nitrogen and oxygen atoms in total. The number of rotatable bonds is 4. The molecule has 0 aromatic carbocycles. The molecular weight excluding hydrogens is 218 g/mol. The second kappa shape index (κ2) is 5.65. The molecule has 0 aliphatic carbocycles. The van der Waals surface area contributed by atoms with Crippen LogP contribution in [0.5, 0.6) is 0 Å². The molecule has 1 aliphatic heterocycles. The molecule has 102 valence electrons. The number of hydrogen-bond donors (Lipinski definition) is 2. The van der Waals surface area contributed by atoms with E-state index < -0.39 is 5.60 Å². The van der Waals surface area contributed by atoms with Crippen LogP contribution in [0.1, 0.15) is 33.6 Å². The van der Waals surface area contributed by atoms with Crippen LogP contribution >= 0.6 is 0 Å². The molecule has 1 atom stereocenters. The highest BCUT2D eigenvalue weighted by atomic mass is 16.5. The zero-order valence-electron chi connectivity index (χ0n) is 11.6. The van der Waals surface area contributed by atoms with Crippen molar-refractivity contribution < 1.29 is 14.9 Å². The Labute approximate surface area is 105 Å². The van der Waals surface area contributed by atoms with Gasteiger partial charge in [0.15, 0.2) is 0 Å². The molecule has 0 amide bonds. The Morgan fingerprint density at radius 1 is 1.29 bits per heavy atom. The van der Waals surface area contributed by atoms with Gasteiger partial charge in [0.1, 0.15) is 0 Å². The highest BCUT2D eigenvalue weighted by molar-refractivity contribution is 4.85. The number of aliphatic hydroxyl groups is 2. The van der Waals surface area contributed by atoms with Gasteiger partial charge in [0.05, 0.1) is 11.7 Å². The first-order valence-electron chi connectivity index (χ1n) is 6.40. The maximum absolute atomic E-state index is 10.4. The van der Waals surface area contributed by atoms with Crippen molar-refractivity contribution in [3.8, 4) is 0 Å². The molecule has 0 aromatic heterocycles. The summed E-state index contributed by atoms with van der Waals surface area (Å²) in [6.07, 6.45) is 0.988. The Morgan fingerprint density at radius 2 is 1.82 bits per heavy atom. The van der Waals surface area contributed by atoms with Crippen molar-refractivity contribution in [2.24, 2.45) is 5.41 Å². The smallest absolute Gasteiger partial charge is 0.0817 e. The van der Waals surface area contributed by atoms with Crippen LogP contribution in [0.25, 0.3) is 0 Å². The van der Waals surface area contributed by atoms with E-state index in [-0.39, 0.29) is 11.5 Å². The van der Waals surface area contributed by atoms with Crippen LogP contribution in [0.15, 0.2) is 0 Å². The van der Waals surface area contributed by atoms with E-state index in [9.17, 15) is 10.2 Å². The van der Waals surface area contributed by atoms with Gasteiger partial charge in [-0.3, -0.25) is 0 Å². The monoisotopic (exact) mass is 245 g/mol. The fraction of sp³-hybridized carbons (Fsp3) is 1.00. The zero-order valence-corrected chi connectivity index (χ0v) is 11.6. The average molecular weight is 245 g/mol. The Morgan fingerprint density at radius 3 is 2.29 bits per heavy atom. The van der Waals surface area contributed by atoms with Crippen LogP contribution < -0.4 is 0 Å². The lowest BCUT2D eigenvalue weighted by molar-refractivity contribution is -0.0830. The Kier molecular flexibility index (Phi) is 4.95. The van der Waals surface area contributed by atoms with Gasteiger partial charge in [-0.2, -0.15) is 0 Å². The highest BCUT2D eigenvalue weighted by Crippen LogP contribution is 2.23. The largest absolute Gasteiger partial charge is 0.391 e. The summed E-state index contributed by atoms with van der Waals surface area (Å²) in [6, 6.07) is 0. The van der Waals surface area contributed by atoms with Gasteiger partial charge in [-0.15, -0.1) is 0 Å². The molecule has 0 saturated carbocycles. The lowest BCUT2D eigenvalue weighted by atomic mass is 9.88.